The van der Waals surface area contributed by atoms with Crippen LogP contribution < -0.4 is 10.2 Å². The van der Waals surface area contributed by atoms with Crippen molar-refractivity contribution < 1.29 is 14.3 Å². The maximum Gasteiger partial charge on any atom is 0.315 e. The molecular formula is C14H20N2O3S. The van der Waals surface area contributed by atoms with Gasteiger partial charge in [-0.1, -0.05) is 12.1 Å². The predicted molar refractivity (Wildman–Crippen MR) is 83.4 cm³/mol. The Kier molecular flexibility index (Phi) is 7.57. The molecule has 20 heavy (non-hydrogen) atoms. The molecule has 1 amide bonds. The highest BCUT2D eigenvalue weighted by Gasteiger charge is 2.09. The second kappa shape index (κ2) is 9.25. The molecule has 0 bridgehead atoms. The first kappa shape index (κ1) is 16.4. The molecule has 0 fully saturated rings. The number of amides is 1. The highest BCUT2D eigenvalue weighted by molar-refractivity contribution is 7.99. The van der Waals surface area contributed by atoms with Gasteiger partial charge >= 0.3 is 5.97 Å². The minimum atomic E-state index is -0.217. The quantitative estimate of drug-likeness (QED) is 0.429. The predicted octanol–water partition coefficient (Wildman–Crippen LogP) is 1.99. The number of esters is 1. The van der Waals surface area contributed by atoms with E-state index in [1.165, 1.54) is 11.8 Å². The third-order valence-electron chi connectivity index (χ3n) is 2.61. The zero-order valence-corrected chi connectivity index (χ0v) is 12.6. The molecule has 0 aliphatic rings. The van der Waals surface area contributed by atoms with Gasteiger partial charge in [0.25, 0.3) is 0 Å². The normalized spacial score (nSPS) is 9.90. The van der Waals surface area contributed by atoms with Crippen LogP contribution in [0.25, 0.3) is 0 Å². The fourth-order valence-electron chi connectivity index (χ4n) is 1.69. The average molecular weight is 296 g/mol. The second-order valence-electron chi connectivity index (χ2n) is 3.92. The summed E-state index contributed by atoms with van der Waals surface area (Å²) in [5, 5.41) is 3.05. The zero-order chi connectivity index (χ0) is 14.8. The van der Waals surface area contributed by atoms with E-state index >= 15 is 0 Å². The molecule has 0 aromatic heterocycles. The van der Waals surface area contributed by atoms with Gasteiger partial charge in [-0.25, -0.2) is 0 Å². The Labute approximate surface area is 123 Å². The summed E-state index contributed by atoms with van der Waals surface area (Å²) in [5.41, 5.74) is 1.73. The molecule has 0 atom stereocenters. The van der Waals surface area contributed by atoms with Crippen molar-refractivity contribution in [3.05, 3.63) is 24.3 Å². The standard InChI is InChI=1S/C14H20N2O3S/c1-3-19-14(18)10-20-9-8-16(11-17)13-7-5-4-6-12(13)15-2/h4-7,11,15H,3,8-10H2,1-2H3. The second-order valence-corrected chi connectivity index (χ2v) is 5.03. The van der Waals surface area contributed by atoms with Gasteiger partial charge in [0.1, 0.15) is 0 Å². The Hall–Kier alpha value is -1.69. The molecule has 110 valence electrons. The summed E-state index contributed by atoms with van der Waals surface area (Å²) in [5.74, 6) is 0.773. The molecule has 0 heterocycles. The van der Waals surface area contributed by atoms with Crippen molar-refractivity contribution in [2.45, 2.75) is 6.92 Å². The first-order valence-electron chi connectivity index (χ1n) is 6.45. The molecule has 0 radical (unpaired) electrons. The van der Waals surface area contributed by atoms with E-state index in [1.807, 2.05) is 31.3 Å². The molecule has 0 saturated heterocycles. The van der Waals surface area contributed by atoms with E-state index in [-0.39, 0.29) is 5.97 Å². The van der Waals surface area contributed by atoms with Crippen LogP contribution in [0.2, 0.25) is 0 Å². The zero-order valence-electron chi connectivity index (χ0n) is 11.8. The van der Waals surface area contributed by atoms with Crippen LogP contribution in [0.3, 0.4) is 0 Å². The molecule has 0 spiro atoms. The Morgan fingerprint density at radius 1 is 1.45 bits per heavy atom. The van der Waals surface area contributed by atoms with Crippen LogP contribution in [0.1, 0.15) is 6.92 Å². The van der Waals surface area contributed by atoms with Crippen LogP contribution in [0.15, 0.2) is 24.3 Å². The largest absolute Gasteiger partial charge is 0.465 e. The van der Waals surface area contributed by atoms with Crippen LogP contribution in [-0.2, 0) is 14.3 Å². The van der Waals surface area contributed by atoms with E-state index in [4.69, 9.17) is 4.74 Å². The highest BCUT2D eigenvalue weighted by atomic mass is 32.2. The molecular weight excluding hydrogens is 276 g/mol. The van der Waals surface area contributed by atoms with Crippen molar-refractivity contribution in [3.63, 3.8) is 0 Å². The van der Waals surface area contributed by atoms with Crippen LogP contribution in [-0.4, -0.2) is 44.1 Å². The minimum Gasteiger partial charge on any atom is -0.465 e. The Morgan fingerprint density at radius 3 is 2.85 bits per heavy atom. The molecule has 5 nitrogen and oxygen atoms in total. The maximum atomic E-state index is 11.2. The maximum absolute atomic E-state index is 11.2. The van der Waals surface area contributed by atoms with Gasteiger partial charge in [0.15, 0.2) is 0 Å². The molecule has 1 aromatic carbocycles. The van der Waals surface area contributed by atoms with Gasteiger partial charge < -0.3 is 15.0 Å². The number of ether oxygens (including phenoxy) is 1. The number of carbonyl (C=O) groups excluding carboxylic acids is 2. The van der Waals surface area contributed by atoms with E-state index in [9.17, 15) is 9.59 Å². The average Bonchev–Trinajstić information content (AvgIpc) is 2.48. The van der Waals surface area contributed by atoms with Gasteiger partial charge in [-0.05, 0) is 19.1 Å². The fraction of sp³-hybridized carbons (Fsp3) is 0.429. The first-order chi connectivity index (χ1) is 9.72. The molecule has 1 N–H and O–H groups in total. The van der Waals surface area contributed by atoms with Gasteiger partial charge in [0, 0.05) is 19.3 Å². The van der Waals surface area contributed by atoms with Crippen molar-refractivity contribution in [2.24, 2.45) is 0 Å². The topological polar surface area (TPSA) is 58.6 Å². The Bertz CT molecular complexity index is 440. The molecule has 0 saturated carbocycles. The summed E-state index contributed by atoms with van der Waals surface area (Å²) in [6.45, 7) is 2.73. The monoisotopic (exact) mass is 296 g/mol. The number of thioether (sulfide) groups is 1. The number of para-hydroxylation sites is 2. The molecule has 0 aliphatic heterocycles. The van der Waals surface area contributed by atoms with Gasteiger partial charge in [0.05, 0.1) is 23.7 Å². The van der Waals surface area contributed by atoms with Crippen molar-refractivity contribution >= 4 is 35.5 Å². The van der Waals surface area contributed by atoms with E-state index in [0.717, 1.165) is 17.8 Å². The number of benzene rings is 1. The Balaban J connectivity index is 2.47. The molecule has 0 aliphatic carbocycles. The lowest BCUT2D eigenvalue weighted by molar-refractivity contribution is -0.139. The molecule has 1 rings (SSSR count). The van der Waals surface area contributed by atoms with Crippen molar-refractivity contribution in [2.75, 3.05) is 41.9 Å². The lowest BCUT2D eigenvalue weighted by atomic mass is 10.2. The SMILES string of the molecule is CCOC(=O)CSCCN(C=O)c1ccccc1NC. The summed E-state index contributed by atoms with van der Waals surface area (Å²) < 4.78 is 4.84. The van der Waals surface area contributed by atoms with Gasteiger partial charge in [-0.2, -0.15) is 0 Å². The first-order valence-corrected chi connectivity index (χ1v) is 7.60. The third kappa shape index (κ3) is 5.13. The van der Waals surface area contributed by atoms with Gasteiger partial charge in [0.2, 0.25) is 6.41 Å². The van der Waals surface area contributed by atoms with Crippen molar-refractivity contribution in [1.82, 2.24) is 0 Å². The Morgan fingerprint density at radius 2 is 2.20 bits per heavy atom. The van der Waals surface area contributed by atoms with Crippen molar-refractivity contribution in [1.29, 1.82) is 0 Å². The van der Waals surface area contributed by atoms with Crippen molar-refractivity contribution in [3.8, 4) is 0 Å². The number of nitrogens with one attached hydrogen (secondary N) is 1. The highest BCUT2D eigenvalue weighted by Crippen LogP contribution is 2.24. The summed E-state index contributed by atoms with van der Waals surface area (Å²) in [7, 11) is 1.82. The van der Waals surface area contributed by atoms with Crippen LogP contribution in [0, 0.1) is 0 Å². The molecule has 6 heteroatoms. The number of rotatable bonds is 9. The summed E-state index contributed by atoms with van der Waals surface area (Å²) >= 11 is 1.46. The summed E-state index contributed by atoms with van der Waals surface area (Å²) in [6, 6.07) is 7.60. The van der Waals surface area contributed by atoms with E-state index in [2.05, 4.69) is 5.32 Å². The van der Waals surface area contributed by atoms with Crippen LogP contribution >= 0.6 is 11.8 Å². The van der Waals surface area contributed by atoms with E-state index in [1.54, 1.807) is 11.8 Å². The number of hydrogen-bond donors (Lipinski definition) is 1. The fourth-order valence-corrected chi connectivity index (χ4v) is 2.41. The summed E-state index contributed by atoms with van der Waals surface area (Å²) in [4.78, 5) is 24.0. The smallest absolute Gasteiger partial charge is 0.315 e. The van der Waals surface area contributed by atoms with E-state index in [0.29, 0.717) is 24.7 Å². The minimum absolute atomic E-state index is 0.217. The number of anilines is 2. The number of hydrogen-bond acceptors (Lipinski definition) is 5. The number of carbonyl (C=O) groups is 2. The lowest BCUT2D eigenvalue weighted by Crippen LogP contribution is -2.25. The number of nitrogens with zero attached hydrogens (tertiary/aromatic N) is 1. The third-order valence-corrected chi connectivity index (χ3v) is 3.52. The van der Waals surface area contributed by atoms with Crippen LogP contribution in [0.5, 0.6) is 0 Å². The lowest BCUT2D eigenvalue weighted by Gasteiger charge is -2.20. The molecule has 1 aromatic rings. The van der Waals surface area contributed by atoms with Gasteiger partial charge in [-0.3, -0.25) is 9.59 Å². The van der Waals surface area contributed by atoms with Crippen LogP contribution in [0.4, 0.5) is 11.4 Å². The molecule has 0 unspecified atom stereocenters. The van der Waals surface area contributed by atoms with Gasteiger partial charge in [-0.15, -0.1) is 11.8 Å². The summed E-state index contributed by atoms with van der Waals surface area (Å²) in [6.07, 6.45) is 0.807. The van der Waals surface area contributed by atoms with E-state index < -0.39 is 0 Å².